The largest absolute Gasteiger partial charge is 0.506 e. The molecule has 1 amide bonds. The molecule has 0 bridgehead atoms. The maximum atomic E-state index is 12.0. The lowest BCUT2D eigenvalue weighted by molar-refractivity contribution is -0.120. The van der Waals surface area contributed by atoms with E-state index in [4.69, 9.17) is 5.26 Å². The van der Waals surface area contributed by atoms with E-state index in [0.717, 1.165) is 19.6 Å². The lowest BCUT2D eigenvalue weighted by Crippen LogP contribution is -2.34. The van der Waals surface area contributed by atoms with Crippen LogP contribution in [0.3, 0.4) is 0 Å². The van der Waals surface area contributed by atoms with Gasteiger partial charge in [-0.2, -0.15) is 5.26 Å². The highest BCUT2D eigenvalue weighted by molar-refractivity contribution is 7.13. The Hall–Kier alpha value is -2.50. The van der Waals surface area contributed by atoms with Gasteiger partial charge in [-0.3, -0.25) is 4.79 Å². The third-order valence-corrected chi connectivity index (χ3v) is 4.94. The highest BCUT2D eigenvalue weighted by Gasteiger charge is 2.14. The highest BCUT2D eigenvalue weighted by atomic mass is 32.1. The number of carbonyl (C=O) groups excluding carboxylic acids is 1. The Morgan fingerprint density at radius 3 is 2.96 bits per heavy atom. The lowest BCUT2D eigenvalue weighted by atomic mass is 10.2. The first-order valence-corrected chi connectivity index (χ1v) is 9.06. The van der Waals surface area contributed by atoms with Gasteiger partial charge in [0.25, 0.3) is 0 Å². The van der Waals surface area contributed by atoms with Crippen LogP contribution in [-0.4, -0.2) is 52.1 Å². The number of carbonyl (C=O) groups is 1. The van der Waals surface area contributed by atoms with Gasteiger partial charge in [-0.25, -0.2) is 9.97 Å². The van der Waals surface area contributed by atoms with Crippen molar-refractivity contribution >= 4 is 17.2 Å². The van der Waals surface area contributed by atoms with E-state index in [2.05, 4.69) is 20.2 Å². The fraction of sp³-hybridized carbons (Fsp3) is 0.412. The summed E-state index contributed by atoms with van der Waals surface area (Å²) in [4.78, 5) is 22.8. The van der Waals surface area contributed by atoms with E-state index in [-0.39, 0.29) is 23.6 Å². The average molecular weight is 357 g/mol. The molecular formula is C17H19N5O2S. The van der Waals surface area contributed by atoms with E-state index in [0.29, 0.717) is 22.9 Å². The first-order chi connectivity index (χ1) is 12.2. The Morgan fingerprint density at radius 2 is 2.24 bits per heavy atom. The van der Waals surface area contributed by atoms with Crippen LogP contribution in [0.25, 0.3) is 10.7 Å². The normalized spacial score (nSPS) is 14.4. The number of rotatable bonds is 6. The van der Waals surface area contributed by atoms with Crippen LogP contribution in [0.1, 0.15) is 24.1 Å². The number of aromatic nitrogens is 2. The summed E-state index contributed by atoms with van der Waals surface area (Å²) >= 11 is 1.31. The van der Waals surface area contributed by atoms with Crippen molar-refractivity contribution in [2.24, 2.45) is 0 Å². The number of hydrogen-bond acceptors (Lipinski definition) is 7. The predicted octanol–water partition coefficient (Wildman–Crippen LogP) is 1.54. The first-order valence-electron chi connectivity index (χ1n) is 8.18. The summed E-state index contributed by atoms with van der Waals surface area (Å²) in [6.07, 6.45) is 4.08. The fourth-order valence-electron chi connectivity index (χ4n) is 2.76. The minimum absolute atomic E-state index is 0.0620. The quantitative estimate of drug-likeness (QED) is 0.813. The molecule has 0 unspecified atom stereocenters. The van der Waals surface area contributed by atoms with Gasteiger partial charge in [0.2, 0.25) is 5.91 Å². The molecule has 1 saturated heterocycles. The van der Waals surface area contributed by atoms with Gasteiger partial charge in [-0.1, -0.05) is 0 Å². The van der Waals surface area contributed by atoms with Crippen LogP contribution in [-0.2, 0) is 11.2 Å². The van der Waals surface area contributed by atoms with Gasteiger partial charge < -0.3 is 15.3 Å². The van der Waals surface area contributed by atoms with Crippen LogP contribution in [0, 0.1) is 11.3 Å². The molecule has 3 rings (SSSR count). The molecule has 7 nitrogen and oxygen atoms in total. The Kier molecular flexibility index (Phi) is 5.58. The van der Waals surface area contributed by atoms with Gasteiger partial charge in [-0.15, -0.1) is 11.3 Å². The van der Waals surface area contributed by atoms with E-state index >= 15 is 0 Å². The summed E-state index contributed by atoms with van der Waals surface area (Å²) in [5, 5.41) is 24.0. The average Bonchev–Trinajstić information content (AvgIpc) is 3.27. The van der Waals surface area contributed by atoms with Crippen LogP contribution in [0.2, 0.25) is 0 Å². The van der Waals surface area contributed by atoms with E-state index in [1.54, 1.807) is 5.38 Å². The maximum Gasteiger partial charge on any atom is 0.226 e. The molecule has 8 heteroatoms. The number of hydrogen-bond donors (Lipinski definition) is 2. The zero-order valence-electron chi connectivity index (χ0n) is 13.7. The van der Waals surface area contributed by atoms with Crippen LogP contribution in [0.4, 0.5) is 0 Å². The van der Waals surface area contributed by atoms with Gasteiger partial charge in [-0.05, 0) is 25.9 Å². The minimum atomic E-state index is -0.0879. The number of aromatic hydroxyl groups is 1. The van der Waals surface area contributed by atoms with Crippen molar-refractivity contribution in [3.05, 3.63) is 28.9 Å². The highest BCUT2D eigenvalue weighted by Crippen LogP contribution is 2.30. The minimum Gasteiger partial charge on any atom is -0.506 e. The summed E-state index contributed by atoms with van der Waals surface area (Å²) in [6, 6.07) is 3.28. The lowest BCUT2D eigenvalue weighted by Gasteiger charge is -2.14. The second-order valence-electron chi connectivity index (χ2n) is 5.92. The zero-order chi connectivity index (χ0) is 17.6. The smallest absolute Gasteiger partial charge is 0.226 e. The predicted molar refractivity (Wildman–Crippen MR) is 94.1 cm³/mol. The first kappa shape index (κ1) is 17.3. The van der Waals surface area contributed by atoms with E-state index in [1.165, 1.54) is 36.4 Å². The molecule has 3 heterocycles. The van der Waals surface area contributed by atoms with Crippen molar-refractivity contribution in [2.45, 2.75) is 19.3 Å². The molecule has 1 aliphatic rings. The van der Waals surface area contributed by atoms with Crippen molar-refractivity contribution < 1.29 is 9.90 Å². The van der Waals surface area contributed by atoms with Crippen molar-refractivity contribution in [1.82, 2.24) is 20.2 Å². The Morgan fingerprint density at radius 1 is 1.44 bits per heavy atom. The van der Waals surface area contributed by atoms with Crippen LogP contribution < -0.4 is 5.32 Å². The monoisotopic (exact) mass is 357 g/mol. The molecule has 0 aromatic carbocycles. The molecule has 2 aromatic heterocycles. The maximum absolute atomic E-state index is 12.0. The number of nitrogens with zero attached hydrogens (tertiary/aromatic N) is 4. The Labute approximate surface area is 150 Å². The number of nitrogens with one attached hydrogen (secondary N) is 1. The van der Waals surface area contributed by atoms with E-state index in [1.807, 2.05) is 6.07 Å². The molecule has 0 spiro atoms. The van der Waals surface area contributed by atoms with Crippen LogP contribution in [0.15, 0.2) is 17.6 Å². The molecule has 0 radical (unpaired) electrons. The van der Waals surface area contributed by atoms with Crippen LogP contribution in [0.5, 0.6) is 5.75 Å². The SMILES string of the molecule is N#Cc1cnc(-c2nc(CC(=O)NCCN3CCCC3)cs2)c(O)c1. The molecule has 130 valence electrons. The van der Waals surface area contributed by atoms with Crippen LogP contribution >= 0.6 is 11.3 Å². The molecule has 0 atom stereocenters. The number of pyridine rings is 1. The van der Waals surface area contributed by atoms with Gasteiger partial charge in [0, 0.05) is 30.7 Å². The number of amides is 1. The van der Waals surface area contributed by atoms with E-state index < -0.39 is 0 Å². The second kappa shape index (κ2) is 8.05. The van der Waals surface area contributed by atoms with Gasteiger partial charge in [0.15, 0.2) is 0 Å². The van der Waals surface area contributed by atoms with Crippen molar-refractivity contribution in [2.75, 3.05) is 26.2 Å². The second-order valence-corrected chi connectivity index (χ2v) is 6.78. The summed E-state index contributed by atoms with van der Waals surface area (Å²) in [6.45, 7) is 3.77. The number of thiazole rings is 1. The summed E-state index contributed by atoms with van der Waals surface area (Å²) < 4.78 is 0. The molecule has 2 N–H and O–H groups in total. The topological polar surface area (TPSA) is 102 Å². The molecule has 0 saturated carbocycles. The summed E-state index contributed by atoms with van der Waals surface area (Å²) in [5.74, 6) is -0.150. The number of nitriles is 1. The standard InChI is InChI=1S/C17H19N5O2S/c18-9-12-7-14(23)16(20-10-12)17-21-13(11-25-17)8-15(24)19-3-6-22-4-1-2-5-22/h7,10-11,23H,1-6,8H2,(H,19,24). The van der Waals surface area contributed by atoms with Gasteiger partial charge in [0.1, 0.15) is 22.5 Å². The van der Waals surface area contributed by atoms with Gasteiger partial charge >= 0.3 is 0 Å². The molecule has 0 aliphatic carbocycles. The summed E-state index contributed by atoms with van der Waals surface area (Å²) in [7, 11) is 0. The van der Waals surface area contributed by atoms with Crippen molar-refractivity contribution in [3.8, 4) is 22.5 Å². The zero-order valence-corrected chi connectivity index (χ0v) is 14.6. The molecule has 2 aromatic rings. The fourth-order valence-corrected chi connectivity index (χ4v) is 3.59. The van der Waals surface area contributed by atoms with E-state index in [9.17, 15) is 9.90 Å². The Balaban J connectivity index is 1.54. The van der Waals surface area contributed by atoms with Gasteiger partial charge in [0.05, 0.1) is 17.7 Å². The van der Waals surface area contributed by atoms with Crippen molar-refractivity contribution in [3.63, 3.8) is 0 Å². The molecule has 1 aliphatic heterocycles. The summed E-state index contributed by atoms with van der Waals surface area (Å²) in [5.41, 5.74) is 1.25. The van der Waals surface area contributed by atoms with Crippen molar-refractivity contribution in [1.29, 1.82) is 5.26 Å². The molecule has 1 fully saturated rings. The third kappa shape index (κ3) is 4.53. The molecular weight excluding hydrogens is 338 g/mol. The Bertz CT molecular complexity index is 793. The number of likely N-dealkylation sites (tertiary alicyclic amines) is 1. The third-order valence-electron chi connectivity index (χ3n) is 4.04. The molecule has 25 heavy (non-hydrogen) atoms.